The Labute approximate surface area is 119 Å². The summed E-state index contributed by atoms with van der Waals surface area (Å²) in [5, 5.41) is 2.39. The first-order chi connectivity index (χ1) is 9.73. The van der Waals surface area contributed by atoms with E-state index in [1.165, 1.54) is 13.0 Å². The number of hydrogen-bond acceptors (Lipinski definition) is 3. The number of ether oxygens (including phenoxy) is 2. The van der Waals surface area contributed by atoms with Crippen molar-refractivity contribution >= 4 is 11.6 Å². The monoisotopic (exact) mass is 309 g/mol. The van der Waals surface area contributed by atoms with Gasteiger partial charge in [0.1, 0.15) is 6.10 Å². The Balaban J connectivity index is 2.67. The van der Waals surface area contributed by atoms with Crippen molar-refractivity contribution in [2.24, 2.45) is 0 Å². The zero-order chi connectivity index (χ0) is 16.0. The molecule has 118 valence electrons. The van der Waals surface area contributed by atoms with Gasteiger partial charge in [0.05, 0.1) is 0 Å². The Morgan fingerprint density at radius 1 is 1.38 bits per heavy atom. The van der Waals surface area contributed by atoms with Crippen molar-refractivity contribution in [2.75, 3.05) is 18.5 Å². The van der Waals surface area contributed by atoms with Gasteiger partial charge in [-0.1, -0.05) is 0 Å². The standard InChI is InChI=1S/C13H15F4NO3/c1-3-20-8(2)12(19)18-9-4-5-11(10(14)6-9)21-7-13(15,16)17/h4-6,8H,3,7H2,1-2H3,(H,18,19)/t8-/m0/s1. The lowest BCUT2D eigenvalue weighted by Gasteiger charge is -2.13. The van der Waals surface area contributed by atoms with Crippen LogP contribution in [0.4, 0.5) is 23.2 Å². The minimum absolute atomic E-state index is 0.100. The molecule has 1 amide bonds. The highest BCUT2D eigenvalue weighted by molar-refractivity contribution is 5.93. The number of rotatable bonds is 6. The van der Waals surface area contributed by atoms with Crippen LogP contribution in [0.1, 0.15) is 13.8 Å². The van der Waals surface area contributed by atoms with Crippen LogP contribution >= 0.6 is 0 Å². The number of alkyl halides is 3. The van der Waals surface area contributed by atoms with E-state index in [9.17, 15) is 22.4 Å². The zero-order valence-corrected chi connectivity index (χ0v) is 11.5. The first-order valence-corrected chi connectivity index (χ1v) is 6.14. The third kappa shape index (κ3) is 5.99. The Hall–Kier alpha value is -1.83. The summed E-state index contributed by atoms with van der Waals surface area (Å²) in [6, 6.07) is 3.13. The molecule has 0 aromatic heterocycles. The van der Waals surface area contributed by atoms with Gasteiger partial charge >= 0.3 is 6.18 Å². The summed E-state index contributed by atoms with van der Waals surface area (Å²) in [6.07, 6.45) is -5.27. The molecule has 21 heavy (non-hydrogen) atoms. The van der Waals surface area contributed by atoms with E-state index in [1.807, 2.05) is 0 Å². The van der Waals surface area contributed by atoms with Gasteiger partial charge in [-0.15, -0.1) is 0 Å². The van der Waals surface area contributed by atoms with Crippen LogP contribution in [0.2, 0.25) is 0 Å². The van der Waals surface area contributed by atoms with E-state index in [0.29, 0.717) is 6.61 Å². The number of carbonyl (C=O) groups excluding carboxylic acids is 1. The number of amides is 1. The van der Waals surface area contributed by atoms with E-state index in [-0.39, 0.29) is 5.69 Å². The maximum absolute atomic E-state index is 13.5. The molecule has 0 unspecified atom stereocenters. The summed E-state index contributed by atoms with van der Waals surface area (Å²) in [6.45, 7) is 2.00. The first-order valence-electron chi connectivity index (χ1n) is 6.14. The van der Waals surface area contributed by atoms with Crippen LogP contribution in [0, 0.1) is 5.82 Å². The molecule has 8 heteroatoms. The Morgan fingerprint density at radius 3 is 2.57 bits per heavy atom. The number of carbonyl (C=O) groups is 1. The molecule has 0 fully saturated rings. The average molecular weight is 309 g/mol. The predicted octanol–water partition coefficient (Wildman–Crippen LogP) is 3.13. The van der Waals surface area contributed by atoms with Crippen LogP contribution in [0.25, 0.3) is 0 Å². The van der Waals surface area contributed by atoms with E-state index < -0.39 is 36.4 Å². The van der Waals surface area contributed by atoms with Gasteiger partial charge in [0.15, 0.2) is 18.2 Å². The van der Waals surface area contributed by atoms with Gasteiger partial charge in [0.25, 0.3) is 5.91 Å². The lowest BCUT2D eigenvalue weighted by molar-refractivity contribution is -0.153. The van der Waals surface area contributed by atoms with Crippen molar-refractivity contribution in [1.29, 1.82) is 0 Å². The number of anilines is 1. The maximum Gasteiger partial charge on any atom is 0.422 e. The summed E-state index contributed by atoms with van der Waals surface area (Å²) in [4.78, 5) is 11.6. The van der Waals surface area contributed by atoms with Crippen molar-refractivity contribution in [3.05, 3.63) is 24.0 Å². The van der Waals surface area contributed by atoms with Gasteiger partial charge in [-0.3, -0.25) is 4.79 Å². The highest BCUT2D eigenvalue weighted by Crippen LogP contribution is 2.24. The minimum atomic E-state index is -4.55. The SMILES string of the molecule is CCO[C@@H](C)C(=O)Nc1ccc(OCC(F)(F)F)c(F)c1. The average Bonchev–Trinajstić information content (AvgIpc) is 2.36. The van der Waals surface area contributed by atoms with Crippen LogP contribution in [0.3, 0.4) is 0 Å². The molecule has 1 aromatic carbocycles. The molecular formula is C13H15F4NO3. The topological polar surface area (TPSA) is 47.6 Å². The highest BCUT2D eigenvalue weighted by atomic mass is 19.4. The zero-order valence-electron chi connectivity index (χ0n) is 11.5. The van der Waals surface area contributed by atoms with Crippen molar-refractivity contribution in [3.63, 3.8) is 0 Å². The molecule has 0 aliphatic heterocycles. The quantitative estimate of drug-likeness (QED) is 0.821. The van der Waals surface area contributed by atoms with Crippen molar-refractivity contribution < 1.29 is 31.8 Å². The van der Waals surface area contributed by atoms with Crippen LogP contribution < -0.4 is 10.1 Å². The lowest BCUT2D eigenvalue weighted by Crippen LogP contribution is -2.27. The Kier molecular flexibility index (Phi) is 5.95. The second-order valence-electron chi connectivity index (χ2n) is 4.14. The molecule has 4 nitrogen and oxygen atoms in total. The Morgan fingerprint density at radius 2 is 2.05 bits per heavy atom. The van der Waals surface area contributed by atoms with Gasteiger partial charge in [-0.05, 0) is 26.0 Å². The van der Waals surface area contributed by atoms with E-state index >= 15 is 0 Å². The predicted molar refractivity (Wildman–Crippen MR) is 67.7 cm³/mol. The molecule has 1 atom stereocenters. The van der Waals surface area contributed by atoms with E-state index in [2.05, 4.69) is 10.1 Å². The van der Waals surface area contributed by atoms with Crippen molar-refractivity contribution in [2.45, 2.75) is 26.1 Å². The molecule has 0 saturated heterocycles. The second kappa shape index (κ2) is 7.26. The largest absolute Gasteiger partial charge is 0.481 e. The van der Waals surface area contributed by atoms with Gasteiger partial charge in [-0.25, -0.2) is 4.39 Å². The minimum Gasteiger partial charge on any atom is -0.481 e. The number of halogens is 4. The van der Waals surface area contributed by atoms with Crippen LogP contribution in [0.15, 0.2) is 18.2 Å². The van der Waals surface area contributed by atoms with Gasteiger partial charge < -0.3 is 14.8 Å². The highest BCUT2D eigenvalue weighted by Gasteiger charge is 2.29. The second-order valence-corrected chi connectivity index (χ2v) is 4.14. The van der Waals surface area contributed by atoms with Crippen LogP contribution in [0.5, 0.6) is 5.75 Å². The number of nitrogens with one attached hydrogen (secondary N) is 1. The van der Waals surface area contributed by atoms with Crippen LogP contribution in [-0.2, 0) is 9.53 Å². The molecular weight excluding hydrogens is 294 g/mol. The third-order valence-electron chi connectivity index (χ3n) is 2.38. The fraction of sp³-hybridized carbons (Fsp3) is 0.462. The van der Waals surface area contributed by atoms with Crippen LogP contribution in [-0.4, -0.2) is 31.4 Å². The molecule has 0 radical (unpaired) electrons. The maximum atomic E-state index is 13.5. The molecule has 1 rings (SSSR count). The third-order valence-corrected chi connectivity index (χ3v) is 2.38. The summed E-state index contributed by atoms with van der Waals surface area (Å²) in [5.74, 6) is -2.02. The molecule has 0 aliphatic rings. The van der Waals surface area contributed by atoms with E-state index in [0.717, 1.165) is 12.1 Å². The van der Waals surface area contributed by atoms with Crippen molar-refractivity contribution in [1.82, 2.24) is 0 Å². The molecule has 1 N–H and O–H groups in total. The number of hydrogen-bond donors (Lipinski definition) is 1. The summed E-state index contributed by atoms with van der Waals surface area (Å²) in [7, 11) is 0. The Bertz CT molecular complexity index is 491. The van der Waals surface area contributed by atoms with Crippen molar-refractivity contribution in [3.8, 4) is 5.75 Å². The molecule has 0 spiro atoms. The molecule has 0 aliphatic carbocycles. The summed E-state index contributed by atoms with van der Waals surface area (Å²) < 4.78 is 58.8. The van der Waals surface area contributed by atoms with Gasteiger partial charge in [-0.2, -0.15) is 13.2 Å². The normalized spacial score (nSPS) is 12.9. The molecule has 1 aromatic rings. The smallest absolute Gasteiger partial charge is 0.422 e. The van der Waals surface area contributed by atoms with E-state index in [4.69, 9.17) is 4.74 Å². The fourth-order valence-corrected chi connectivity index (χ4v) is 1.42. The van der Waals surface area contributed by atoms with Gasteiger partial charge in [0, 0.05) is 18.4 Å². The summed E-state index contributed by atoms with van der Waals surface area (Å²) >= 11 is 0. The van der Waals surface area contributed by atoms with E-state index in [1.54, 1.807) is 6.92 Å². The van der Waals surface area contributed by atoms with Gasteiger partial charge in [0.2, 0.25) is 0 Å². The fourth-order valence-electron chi connectivity index (χ4n) is 1.42. The molecule has 0 bridgehead atoms. The number of benzene rings is 1. The summed E-state index contributed by atoms with van der Waals surface area (Å²) in [5.41, 5.74) is 0.100. The molecule has 0 heterocycles. The first kappa shape index (κ1) is 17.2. The molecule has 0 saturated carbocycles. The lowest BCUT2D eigenvalue weighted by atomic mass is 10.2.